The smallest absolute Gasteiger partial charge is 0.225 e. The van der Waals surface area contributed by atoms with Gasteiger partial charge in [0.1, 0.15) is 12.9 Å². The summed E-state index contributed by atoms with van der Waals surface area (Å²) in [6.07, 6.45) is 5.47. The van der Waals surface area contributed by atoms with Gasteiger partial charge in [0.15, 0.2) is 5.82 Å². The molecule has 0 aliphatic heterocycles. The van der Waals surface area contributed by atoms with E-state index in [9.17, 15) is 4.79 Å². The topological polar surface area (TPSA) is 95.9 Å². The van der Waals surface area contributed by atoms with Crippen LogP contribution in [0.2, 0.25) is 0 Å². The Morgan fingerprint density at radius 2 is 2.04 bits per heavy atom. The summed E-state index contributed by atoms with van der Waals surface area (Å²) in [6.45, 7) is 2.25. The lowest BCUT2D eigenvalue weighted by Crippen LogP contribution is -2.07. The first-order chi connectivity index (χ1) is 12.2. The zero-order valence-corrected chi connectivity index (χ0v) is 13.7. The molecule has 0 amide bonds. The molecule has 0 aliphatic carbocycles. The highest BCUT2D eigenvalue weighted by atomic mass is 16.5. The van der Waals surface area contributed by atoms with Crippen molar-refractivity contribution in [2.24, 2.45) is 0 Å². The Morgan fingerprint density at radius 1 is 1.24 bits per heavy atom. The van der Waals surface area contributed by atoms with E-state index in [1.807, 2.05) is 37.3 Å². The molecule has 126 valence electrons. The van der Waals surface area contributed by atoms with Crippen LogP contribution in [0, 0.1) is 6.92 Å². The van der Waals surface area contributed by atoms with Crippen molar-refractivity contribution in [3.8, 4) is 11.7 Å². The molecule has 2 aromatic heterocycles. The fraction of sp³-hybridized carbons (Fsp3) is 0.111. The van der Waals surface area contributed by atoms with Crippen molar-refractivity contribution in [1.82, 2.24) is 19.7 Å². The number of aromatic nitrogens is 4. The Morgan fingerprint density at radius 3 is 2.80 bits per heavy atom. The number of benzene rings is 1. The van der Waals surface area contributed by atoms with Gasteiger partial charge in [-0.2, -0.15) is 15.1 Å². The number of hydrogen-bond donors (Lipinski definition) is 1. The highest BCUT2D eigenvalue weighted by molar-refractivity contribution is 5.74. The van der Waals surface area contributed by atoms with E-state index in [4.69, 9.17) is 10.5 Å². The van der Waals surface area contributed by atoms with Gasteiger partial charge in [-0.3, -0.25) is 4.79 Å². The average Bonchev–Trinajstić information content (AvgIpc) is 2.99. The van der Waals surface area contributed by atoms with Crippen LogP contribution in [-0.2, 0) is 11.4 Å². The SMILES string of the molecule is Cc1c(/C=C/C=O)cnn1-c1cc(OCc2ccccc2)nc(N)n1. The molecule has 0 atom stereocenters. The van der Waals surface area contributed by atoms with Crippen LogP contribution in [0.5, 0.6) is 5.88 Å². The van der Waals surface area contributed by atoms with Crippen LogP contribution in [0.1, 0.15) is 16.8 Å². The zero-order chi connectivity index (χ0) is 17.6. The first-order valence-corrected chi connectivity index (χ1v) is 7.65. The number of aldehydes is 1. The summed E-state index contributed by atoms with van der Waals surface area (Å²) in [4.78, 5) is 18.8. The van der Waals surface area contributed by atoms with Crippen LogP contribution >= 0.6 is 0 Å². The van der Waals surface area contributed by atoms with Gasteiger partial charge in [-0.1, -0.05) is 30.3 Å². The fourth-order valence-electron chi connectivity index (χ4n) is 2.30. The minimum absolute atomic E-state index is 0.0976. The second-order valence-corrected chi connectivity index (χ2v) is 5.29. The van der Waals surface area contributed by atoms with Crippen LogP contribution in [-0.4, -0.2) is 26.0 Å². The number of rotatable bonds is 6. The van der Waals surface area contributed by atoms with E-state index in [0.717, 1.165) is 23.1 Å². The third kappa shape index (κ3) is 3.89. The Hall–Kier alpha value is -3.48. The second kappa shape index (κ2) is 7.39. The molecular weight excluding hydrogens is 318 g/mol. The lowest BCUT2D eigenvalue weighted by molar-refractivity contribution is -0.104. The molecule has 0 spiro atoms. The molecule has 0 saturated carbocycles. The molecule has 7 nitrogen and oxygen atoms in total. The summed E-state index contributed by atoms with van der Waals surface area (Å²) in [5.74, 6) is 0.963. The Labute approximate surface area is 144 Å². The largest absolute Gasteiger partial charge is 0.473 e. The maximum absolute atomic E-state index is 10.5. The molecule has 0 saturated heterocycles. The van der Waals surface area contributed by atoms with Crippen LogP contribution in [0.15, 0.2) is 48.7 Å². The van der Waals surface area contributed by atoms with E-state index in [1.165, 1.54) is 6.08 Å². The quantitative estimate of drug-likeness (QED) is 0.549. The number of anilines is 1. The van der Waals surface area contributed by atoms with E-state index in [1.54, 1.807) is 23.0 Å². The normalized spacial score (nSPS) is 10.9. The molecule has 0 unspecified atom stereocenters. The summed E-state index contributed by atoms with van der Waals surface area (Å²) < 4.78 is 7.34. The zero-order valence-electron chi connectivity index (χ0n) is 13.7. The highest BCUT2D eigenvalue weighted by Gasteiger charge is 2.11. The fourth-order valence-corrected chi connectivity index (χ4v) is 2.30. The second-order valence-electron chi connectivity index (χ2n) is 5.29. The summed E-state index contributed by atoms with van der Waals surface area (Å²) in [6, 6.07) is 11.4. The van der Waals surface area contributed by atoms with Gasteiger partial charge in [-0.05, 0) is 24.6 Å². The summed E-state index contributed by atoms with van der Waals surface area (Å²) in [5, 5.41) is 4.29. The van der Waals surface area contributed by atoms with E-state index in [0.29, 0.717) is 18.3 Å². The van der Waals surface area contributed by atoms with Crippen LogP contribution in [0.25, 0.3) is 11.9 Å². The predicted molar refractivity (Wildman–Crippen MR) is 94.2 cm³/mol. The summed E-state index contributed by atoms with van der Waals surface area (Å²) in [7, 11) is 0. The Balaban J connectivity index is 1.85. The van der Waals surface area contributed by atoms with Crippen LogP contribution in [0.3, 0.4) is 0 Å². The van der Waals surface area contributed by atoms with Gasteiger partial charge in [-0.15, -0.1) is 0 Å². The molecule has 3 rings (SSSR count). The van der Waals surface area contributed by atoms with Crippen molar-refractivity contribution < 1.29 is 9.53 Å². The van der Waals surface area contributed by atoms with Crippen molar-refractivity contribution in [3.05, 3.63) is 65.5 Å². The van der Waals surface area contributed by atoms with Gasteiger partial charge in [0.25, 0.3) is 0 Å². The molecule has 0 aliphatic rings. The van der Waals surface area contributed by atoms with E-state index < -0.39 is 0 Å². The van der Waals surface area contributed by atoms with Gasteiger partial charge >= 0.3 is 0 Å². The standard InChI is InChI=1S/C18H17N5O2/c1-13-15(8-5-9-24)11-20-23(13)16-10-17(22-18(19)21-16)25-12-14-6-3-2-4-7-14/h2-11H,12H2,1H3,(H2,19,21,22)/b8-5+. The highest BCUT2D eigenvalue weighted by Crippen LogP contribution is 2.19. The average molecular weight is 335 g/mol. The van der Waals surface area contributed by atoms with Crippen LogP contribution < -0.4 is 10.5 Å². The molecule has 2 heterocycles. The number of nitrogens with two attached hydrogens (primary N) is 1. The molecule has 7 heteroatoms. The van der Waals surface area contributed by atoms with Gasteiger partial charge in [0, 0.05) is 11.6 Å². The molecule has 25 heavy (non-hydrogen) atoms. The maximum Gasteiger partial charge on any atom is 0.225 e. The predicted octanol–water partition coefficient (Wildman–Crippen LogP) is 2.34. The molecule has 0 radical (unpaired) electrons. The number of nitrogens with zero attached hydrogens (tertiary/aromatic N) is 4. The molecule has 3 aromatic rings. The van der Waals surface area contributed by atoms with Gasteiger partial charge in [0.05, 0.1) is 11.9 Å². The van der Waals surface area contributed by atoms with Gasteiger partial charge in [-0.25, -0.2) is 4.68 Å². The number of ether oxygens (including phenoxy) is 1. The number of carbonyl (C=O) groups excluding carboxylic acids is 1. The van der Waals surface area contributed by atoms with Crippen molar-refractivity contribution in [2.75, 3.05) is 5.73 Å². The lowest BCUT2D eigenvalue weighted by Gasteiger charge is -2.09. The van der Waals surface area contributed by atoms with Crippen molar-refractivity contribution in [3.63, 3.8) is 0 Å². The third-order valence-corrected chi connectivity index (χ3v) is 3.56. The molecule has 0 bridgehead atoms. The van der Waals surface area contributed by atoms with Crippen LogP contribution in [0.4, 0.5) is 5.95 Å². The molecular formula is C18H17N5O2. The minimum Gasteiger partial charge on any atom is -0.473 e. The van der Waals surface area contributed by atoms with E-state index in [-0.39, 0.29) is 5.95 Å². The van der Waals surface area contributed by atoms with Gasteiger partial charge in [0.2, 0.25) is 11.8 Å². The van der Waals surface area contributed by atoms with E-state index >= 15 is 0 Å². The van der Waals surface area contributed by atoms with Crippen molar-refractivity contribution in [2.45, 2.75) is 13.5 Å². The first-order valence-electron chi connectivity index (χ1n) is 7.65. The van der Waals surface area contributed by atoms with E-state index in [2.05, 4.69) is 15.1 Å². The third-order valence-electron chi connectivity index (χ3n) is 3.56. The number of hydrogen-bond acceptors (Lipinski definition) is 6. The molecule has 1 aromatic carbocycles. The van der Waals surface area contributed by atoms with Crippen molar-refractivity contribution in [1.29, 1.82) is 0 Å². The molecule has 2 N–H and O–H groups in total. The Bertz CT molecular complexity index is 903. The monoisotopic (exact) mass is 335 g/mol. The maximum atomic E-state index is 10.5. The number of allylic oxidation sites excluding steroid dienone is 1. The molecule has 0 fully saturated rings. The first kappa shape index (κ1) is 16.4. The summed E-state index contributed by atoms with van der Waals surface area (Å²) >= 11 is 0. The summed E-state index contributed by atoms with van der Waals surface area (Å²) in [5.41, 5.74) is 8.46. The number of carbonyl (C=O) groups is 1. The van der Waals surface area contributed by atoms with Gasteiger partial charge < -0.3 is 10.5 Å². The number of nitrogen functional groups attached to an aromatic ring is 1. The minimum atomic E-state index is 0.0976. The lowest BCUT2D eigenvalue weighted by atomic mass is 10.2. The Kier molecular flexibility index (Phi) is 4.84. The van der Waals surface area contributed by atoms with Crippen molar-refractivity contribution >= 4 is 18.3 Å².